The predicted molar refractivity (Wildman–Crippen MR) is 153 cm³/mol. The quantitative estimate of drug-likeness (QED) is 0.266. The van der Waals surface area contributed by atoms with E-state index >= 15 is 9.13 Å². The first-order valence-corrected chi connectivity index (χ1v) is 16.4. The standard InChI is InChI=1S/C32H32O2P2/c33-35(27-13-5-1-6-14-27,28-15-7-2-8-16-28)31-21-24-32(25-22-31,26-23-31)36(34,29-17-9-3-10-18-29)30-19-11-4-12-20-30/h1-20H,21-26H2. The molecule has 2 bridgehead atoms. The van der Waals surface area contributed by atoms with E-state index in [2.05, 4.69) is 48.5 Å². The third kappa shape index (κ3) is 3.38. The fourth-order valence-electron chi connectivity index (χ4n) is 7.04. The fraction of sp³-hybridized carbons (Fsp3) is 0.250. The summed E-state index contributed by atoms with van der Waals surface area (Å²) in [6.07, 6.45) is 5.07. The Morgan fingerprint density at radius 2 is 0.556 bits per heavy atom. The molecule has 2 nitrogen and oxygen atoms in total. The highest BCUT2D eigenvalue weighted by atomic mass is 31.2. The van der Waals surface area contributed by atoms with Crippen LogP contribution >= 0.6 is 14.3 Å². The van der Waals surface area contributed by atoms with E-state index in [1.807, 2.05) is 72.8 Å². The van der Waals surface area contributed by atoms with Crippen molar-refractivity contribution < 1.29 is 9.13 Å². The fourth-order valence-corrected chi connectivity index (χ4v) is 14.8. The van der Waals surface area contributed by atoms with E-state index in [1.54, 1.807) is 0 Å². The van der Waals surface area contributed by atoms with Gasteiger partial charge in [-0.1, -0.05) is 121 Å². The zero-order valence-electron chi connectivity index (χ0n) is 20.5. The largest absolute Gasteiger partial charge is 0.313 e. The lowest BCUT2D eigenvalue weighted by molar-refractivity contribution is 0.213. The molecule has 4 heteroatoms. The topological polar surface area (TPSA) is 34.1 Å². The highest BCUT2D eigenvalue weighted by Gasteiger charge is 2.63. The number of hydrogen-bond donors (Lipinski definition) is 0. The Balaban J connectivity index is 1.46. The molecule has 0 unspecified atom stereocenters. The number of fused-ring (bicyclic) bond motifs is 3. The molecule has 7 rings (SSSR count). The van der Waals surface area contributed by atoms with Crippen LogP contribution in [0, 0.1) is 0 Å². The van der Waals surface area contributed by atoms with Crippen LogP contribution in [-0.4, -0.2) is 10.3 Å². The Bertz CT molecular complexity index is 1210. The van der Waals surface area contributed by atoms with E-state index in [0.717, 1.165) is 59.7 Å². The molecule has 0 N–H and O–H groups in total. The van der Waals surface area contributed by atoms with Crippen LogP contribution in [0.1, 0.15) is 38.5 Å². The minimum absolute atomic E-state index is 0.282. The Kier molecular flexibility index (Phi) is 5.94. The second-order valence-electron chi connectivity index (χ2n) is 10.5. The van der Waals surface area contributed by atoms with E-state index in [1.165, 1.54) is 0 Å². The van der Waals surface area contributed by atoms with Crippen LogP contribution in [0.4, 0.5) is 0 Å². The summed E-state index contributed by atoms with van der Waals surface area (Å²) in [6.45, 7) is 0. The molecule has 3 fully saturated rings. The van der Waals surface area contributed by atoms with Gasteiger partial charge in [0, 0.05) is 31.5 Å². The predicted octanol–water partition coefficient (Wildman–Crippen LogP) is 6.86. The minimum Gasteiger partial charge on any atom is -0.313 e. The molecule has 3 aliphatic rings. The van der Waals surface area contributed by atoms with Gasteiger partial charge in [-0.05, 0) is 38.5 Å². The second kappa shape index (κ2) is 9.02. The van der Waals surface area contributed by atoms with Gasteiger partial charge in [0.15, 0.2) is 0 Å². The molecule has 0 heterocycles. The van der Waals surface area contributed by atoms with Gasteiger partial charge in [-0.2, -0.15) is 0 Å². The summed E-state index contributed by atoms with van der Waals surface area (Å²) in [7, 11) is -5.82. The maximum absolute atomic E-state index is 15.4. The average molecular weight is 511 g/mol. The molecule has 3 saturated carbocycles. The summed E-state index contributed by atoms with van der Waals surface area (Å²) in [6, 6.07) is 40.5. The van der Waals surface area contributed by atoms with Crippen LogP contribution in [0.2, 0.25) is 0 Å². The maximum atomic E-state index is 15.4. The highest BCUT2D eigenvalue weighted by Crippen LogP contribution is 2.75. The SMILES string of the molecule is O=P(c1ccccc1)(c1ccccc1)C12CCC(P(=O)(c3ccccc3)c3ccccc3)(CC1)CC2. The zero-order valence-corrected chi connectivity index (χ0v) is 22.3. The lowest BCUT2D eigenvalue weighted by Gasteiger charge is -2.58. The Labute approximate surface area is 214 Å². The third-order valence-corrected chi connectivity index (χ3v) is 17.1. The number of hydrogen-bond acceptors (Lipinski definition) is 2. The third-order valence-electron chi connectivity index (χ3n) is 8.98. The molecule has 4 aromatic carbocycles. The van der Waals surface area contributed by atoms with Gasteiger partial charge in [0.05, 0.1) is 0 Å². The molecule has 0 aromatic heterocycles. The molecule has 0 saturated heterocycles. The van der Waals surface area contributed by atoms with Crippen molar-refractivity contribution in [1.82, 2.24) is 0 Å². The van der Waals surface area contributed by atoms with Gasteiger partial charge in [-0.15, -0.1) is 0 Å². The van der Waals surface area contributed by atoms with Crippen LogP contribution in [0.15, 0.2) is 121 Å². The van der Waals surface area contributed by atoms with Crippen molar-refractivity contribution in [2.24, 2.45) is 0 Å². The van der Waals surface area contributed by atoms with Crippen LogP contribution in [0.5, 0.6) is 0 Å². The lowest BCUT2D eigenvalue weighted by Crippen LogP contribution is -2.54. The second-order valence-corrected chi connectivity index (χ2v) is 16.9. The summed E-state index contributed by atoms with van der Waals surface area (Å²) in [5.74, 6) is 0. The van der Waals surface area contributed by atoms with E-state index in [-0.39, 0.29) is 10.3 Å². The Morgan fingerprint density at radius 1 is 0.361 bits per heavy atom. The average Bonchev–Trinajstić information content (AvgIpc) is 2.99. The van der Waals surface area contributed by atoms with Gasteiger partial charge >= 0.3 is 0 Å². The molecular formula is C32H32O2P2. The number of rotatable bonds is 6. The lowest BCUT2D eigenvalue weighted by atomic mass is 9.69. The van der Waals surface area contributed by atoms with Crippen LogP contribution in [-0.2, 0) is 9.13 Å². The Morgan fingerprint density at radius 3 is 0.750 bits per heavy atom. The first-order chi connectivity index (χ1) is 17.5. The van der Waals surface area contributed by atoms with E-state index in [0.29, 0.717) is 0 Å². The molecule has 36 heavy (non-hydrogen) atoms. The molecule has 3 aliphatic carbocycles. The smallest absolute Gasteiger partial charge is 0.149 e. The van der Waals surface area contributed by atoms with Crippen molar-refractivity contribution in [1.29, 1.82) is 0 Å². The summed E-state index contributed by atoms with van der Waals surface area (Å²) in [4.78, 5) is 0. The molecule has 0 spiro atoms. The Hall–Kier alpha value is -2.66. The summed E-state index contributed by atoms with van der Waals surface area (Å²) in [5.41, 5.74) is 0. The maximum Gasteiger partial charge on any atom is 0.149 e. The normalized spacial score (nSPS) is 23.9. The van der Waals surface area contributed by atoms with Crippen molar-refractivity contribution in [3.05, 3.63) is 121 Å². The van der Waals surface area contributed by atoms with E-state index < -0.39 is 14.3 Å². The van der Waals surface area contributed by atoms with E-state index in [9.17, 15) is 0 Å². The first kappa shape index (κ1) is 23.7. The summed E-state index contributed by atoms with van der Waals surface area (Å²) < 4.78 is 30.7. The minimum atomic E-state index is -2.91. The van der Waals surface area contributed by atoms with Crippen molar-refractivity contribution in [2.75, 3.05) is 0 Å². The molecule has 182 valence electrons. The van der Waals surface area contributed by atoms with Gasteiger partial charge < -0.3 is 9.13 Å². The van der Waals surface area contributed by atoms with Crippen molar-refractivity contribution >= 4 is 35.5 Å². The first-order valence-electron chi connectivity index (χ1n) is 13.0. The van der Waals surface area contributed by atoms with Gasteiger partial charge in [0.25, 0.3) is 0 Å². The van der Waals surface area contributed by atoms with Crippen LogP contribution in [0.25, 0.3) is 0 Å². The molecular weight excluding hydrogens is 478 g/mol. The van der Waals surface area contributed by atoms with Gasteiger partial charge in [-0.3, -0.25) is 0 Å². The molecule has 0 atom stereocenters. The van der Waals surface area contributed by atoms with Gasteiger partial charge in [-0.25, -0.2) is 0 Å². The monoisotopic (exact) mass is 510 g/mol. The van der Waals surface area contributed by atoms with E-state index in [4.69, 9.17) is 0 Å². The molecule has 0 amide bonds. The van der Waals surface area contributed by atoms with Gasteiger partial charge in [0.1, 0.15) is 14.3 Å². The van der Waals surface area contributed by atoms with Crippen molar-refractivity contribution in [2.45, 2.75) is 48.8 Å². The summed E-state index contributed by atoms with van der Waals surface area (Å²) in [5, 5.41) is 3.27. The van der Waals surface area contributed by atoms with Crippen LogP contribution < -0.4 is 21.2 Å². The van der Waals surface area contributed by atoms with Crippen molar-refractivity contribution in [3.8, 4) is 0 Å². The zero-order chi connectivity index (χ0) is 24.7. The van der Waals surface area contributed by atoms with Gasteiger partial charge in [0.2, 0.25) is 0 Å². The van der Waals surface area contributed by atoms with Crippen LogP contribution in [0.3, 0.4) is 0 Å². The number of benzene rings is 4. The van der Waals surface area contributed by atoms with Crippen molar-refractivity contribution in [3.63, 3.8) is 0 Å². The highest BCUT2D eigenvalue weighted by molar-refractivity contribution is 7.81. The molecule has 0 radical (unpaired) electrons. The molecule has 0 aliphatic heterocycles. The summed E-state index contributed by atoms with van der Waals surface area (Å²) >= 11 is 0. The molecule has 4 aromatic rings.